The van der Waals surface area contributed by atoms with Gasteiger partial charge in [-0.3, -0.25) is 4.90 Å². The Morgan fingerprint density at radius 3 is 2.46 bits per heavy atom. The van der Waals surface area contributed by atoms with E-state index < -0.39 is 29.3 Å². The molecule has 2 rings (SSSR count). The first-order valence-corrected chi connectivity index (χ1v) is 9.21. The number of hydrogen-bond donors (Lipinski definition) is 1. The van der Waals surface area contributed by atoms with Crippen molar-refractivity contribution in [2.45, 2.75) is 51.4 Å². The van der Waals surface area contributed by atoms with Gasteiger partial charge in [0.25, 0.3) is 0 Å². The molecular weight excluding hydrogens is 364 g/mol. The van der Waals surface area contributed by atoms with Gasteiger partial charge in [-0.05, 0) is 39.2 Å². The minimum Gasteiger partial charge on any atom is -0.467 e. The number of methoxy groups -OCH3 is 1. The molecule has 8 heteroatoms. The molecule has 0 unspecified atom stereocenters. The minimum atomic E-state index is -1.32. The predicted molar refractivity (Wildman–Crippen MR) is 102 cm³/mol. The van der Waals surface area contributed by atoms with Crippen molar-refractivity contribution in [2.24, 2.45) is 0 Å². The molecule has 154 valence electrons. The Labute approximate surface area is 165 Å². The molecule has 1 aromatic carbocycles. The summed E-state index contributed by atoms with van der Waals surface area (Å²) in [6.45, 7) is 5.53. The lowest BCUT2D eigenvalue weighted by Crippen LogP contribution is -2.60. The molecule has 1 saturated heterocycles. The van der Waals surface area contributed by atoms with E-state index in [-0.39, 0.29) is 13.2 Å². The van der Waals surface area contributed by atoms with Crippen LogP contribution in [0.4, 0.5) is 9.59 Å². The highest BCUT2D eigenvalue weighted by molar-refractivity contribution is 5.87. The molecule has 1 heterocycles. The summed E-state index contributed by atoms with van der Waals surface area (Å²) in [7, 11) is 1.25. The molecule has 8 nitrogen and oxygen atoms in total. The van der Waals surface area contributed by atoms with Gasteiger partial charge in [0.15, 0.2) is 5.54 Å². The Hall–Kier alpha value is -2.77. The quantitative estimate of drug-likeness (QED) is 0.612. The van der Waals surface area contributed by atoms with Gasteiger partial charge in [0, 0.05) is 6.54 Å². The number of nitrogens with zero attached hydrogens (tertiary/aromatic N) is 1. The average molecular weight is 392 g/mol. The number of alkyl carbamates (subject to hydrolysis) is 1. The molecule has 0 spiro atoms. The first-order valence-electron chi connectivity index (χ1n) is 9.21. The second kappa shape index (κ2) is 8.95. The number of nitrogens with one attached hydrogen (secondary N) is 1. The zero-order valence-electron chi connectivity index (χ0n) is 16.8. The first kappa shape index (κ1) is 21.5. The van der Waals surface area contributed by atoms with E-state index in [4.69, 9.17) is 14.2 Å². The van der Waals surface area contributed by atoms with E-state index in [1.165, 1.54) is 12.0 Å². The highest BCUT2D eigenvalue weighted by Crippen LogP contribution is 2.31. The third kappa shape index (κ3) is 5.37. The van der Waals surface area contributed by atoms with Gasteiger partial charge in [-0.15, -0.1) is 0 Å². The van der Waals surface area contributed by atoms with Crippen molar-refractivity contribution in [1.82, 2.24) is 10.2 Å². The van der Waals surface area contributed by atoms with Crippen molar-refractivity contribution in [3.8, 4) is 0 Å². The number of ether oxygens (including phenoxy) is 3. The van der Waals surface area contributed by atoms with Crippen molar-refractivity contribution < 1.29 is 28.6 Å². The van der Waals surface area contributed by atoms with Crippen LogP contribution in [0.15, 0.2) is 30.3 Å². The van der Waals surface area contributed by atoms with Gasteiger partial charge in [0.1, 0.15) is 12.2 Å². The molecule has 0 saturated carbocycles. The Bertz CT molecular complexity index is 700. The number of amides is 2. The second-order valence-electron chi connectivity index (χ2n) is 7.67. The molecule has 0 radical (unpaired) electrons. The molecule has 2 amide bonds. The van der Waals surface area contributed by atoms with E-state index in [2.05, 4.69) is 5.32 Å². The fourth-order valence-electron chi connectivity index (χ4n) is 3.13. The van der Waals surface area contributed by atoms with Crippen molar-refractivity contribution in [2.75, 3.05) is 20.2 Å². The van der Waals surface area contributed by atoms with Crippen LogP contribution >= 0.6 is 0 Å². The number of rotatable bonds is 5. The summed E-state index contributed by atoms with van der Waals surface area (Å²) in [6, 6.07) is 9.26. The number of benzene rings is 1. The minimum absolute atomic E-state index is 0.0902. The van der Waals surface area contributed by atoms with Gasteiger partial charge < -0.3 is 19.5 Å². The molecule has 0 aromatic heterocycles. The lowest BCUT2D eigenvalue weighted by Gasteiger charge is -2.35. The van der Waals surface area contributed by atoms with Crippen molar-refractivity contribution >= 4 is 18.2 Å². The van der Waals surface area contributed by atoms with Gasteiger partial charge in [-0.2, -0.15) is 0 Å². The molecule has 1 atom stereocenters. The van der Waals surface area contributed by atoms with Gasteiger partial charge in [-0.25, -0.2) is 14.4 Å². The molecule has 0 bridgehead atoms. The number of esters is 1. The summed E-state index contributed by atoms with van der Waals surface area (Å²) >= 11 is 0. The van der Waals surface area contributed by atoms with Crippen LogP contribution in [0.3, 0.4) is 0 Å². The summed E-state index contributed by atoms with van der Waals surface area (Å²) in [5.41, 5.74) is -1.16. The van der Waals surface area contributed by atoms with E-state index in [1.807, 2.05) is 30.3 Å². The van der Waals surface area contributed by atoms with Crippen LogP contribution in [-0.4, -0.2) is 54.4 Å². The summed E-state index contributed by atoms with van der Waals surface area (Å²) in [5, 5.41) is 2.58. The number of carbonyl (C=O) groups is 3. The van der Waals surface area contributed by atoms with Crippen LogP contribution in [0.25, 0.3) is 0 Å². The maximum atomic E-state index is 12.7. The highest BCUT2D eigenvalue weighted by atomic mass is 16.6. The fraction of sp³-hybridized carbons (Fsp3) is 0.550. The number of likely N-dealkylation sites (tertiary alicyclic amines) is 1. The molecule has 1 aliphatic heterocycles. The van der Waals surface area contributed by atoms with Gasteiger partial charge in [0.2, 0.25) is 0 Å². The summed E-state index contributed by atoms with van der Waals surface area (Å²) < 4.78 is 15.5. The number of carbonyl (C=O) groups excluding carboxylic acids is 3. The Morgan fingerprint density at radius 2 is 1.86 bits per heavy atom. The topological polar surface area (TPSA) is 94.2 Å². The van der Waals surface area contributed by atoms with Crippen molar-refractivity contribution in [3.05, 3.63) is 35.9 Å². The van der Waals surface area contributed by atoms with E-state index in [0.717, 1.165) is 5.56 Å². The standard InChI is InChI=1S/C20H28N2O6/c1-19(2,3)28-17(24)21-14-20(16(23)26-4)11-8-12-22(20)18(25)27-13-15-9-6-5-7-10-15/h5-7,9-10H,8,11-14H2,1-4H3,(H,21,24)/t20-/m0/s1. The van der Waals surface area contributed by atoms with Crippen LogP contribution in [0.1, 0.15) is 39.2 Å². The maximum absolute atomic E-state index is 12.7. The summed E-state index contributed by atoms with van der Waals surface area (Å²) in [5.74, 6) is -0.599. The normalized spacial score (nSPS) is 19.1. The average Bonchev–Trinajstić information content (AvgIpc) is 3.08. The maximum Gasteiger partial charge on any atom is 0.411 e. The van der Waals surface area contributed by atoms with E-state index in [0.29, 0.717) is 19.4 Å². The van der Waals surface area contributed by atoms with Crippen LogP contribution in [0, 0.1) is 0 Å². The van der Waals surface area contributed by atoms with E-state index in [9.17, 15) is 14.4 Å². The van der Waals surface area contributed by atoms with Crippen LogP contribution in [-0.2, 0) is 25.6 Å². The zero-order valence-corrected chi connectivity index (χ0v) is 16.8. The Balaban J connectivity index is 2.09. The smallest absolute Gasteiger partial charge is 0.411 e. The van der Waals surface area contributed by atoms with Crippen LogP contribution in [0.2, 0.25) is 0 Å². The summed E-state index contributed by atoms with van der Waals surface area (Å²) in [6.07, 6.45) is -0.348. The van der Waals surface area contributed by atoms with E-state index >= 15 is 0 Å². The molecule has 1 aliphatic rings. The van der Waals surface area contributed by atoms with Gasteiger partial charge >= 0.3 is 18.2 Å². The molecule has 1 fully saturated rings. The van der Waals surface area contributed by atoms with Gasteiger partial charge in [-0.1, -0.05) is 30.3 Å². The largest absolute Gasteiger partial charge is 0.467 e. The lowest BCUT2D eigenvalue weighted by molar-refractivity contribution is -0.152. The first-order chi connectivity index (χ1) is 13.2. The lowest BCUT2D eigenvalue weighted by atomic mass is 9.96. The van der Waals surface area contributed by atoms with Crippen molar-refractivity contribution in [3.63, 3.8) is 0 Å². The predicted octanol–water partition coefficient (Wildman–Crippen LogP) is 2.86. The monoisotopic (exact) mass is 392 g/mol. The molecule has 28 heavy (non-hydrogen) atoms. The number of hydrogen-bond acceptors (Lipinski definition) is 6. The zero-order chi connectivity index (χ0) is 20.8. The van der Waals surface area contributed by atoms with Crippen molar-refractivity contribution in [1.29, 1.82) is 0 Å². The molecule has 1 aromatic rings. The van der Waals surface area contributed by atoms with Gasteiger partial charge in [0.05, 0.1) is 13.7 Å². The second-order valence-corrected chi connectivity index (χ2v) is 7.67. The third-order valence-electron chi connectivity index (χ3n) is 4.40. The fourth-order valence-corrected chi connectivity index (χ4v) is 3.13. The Morgan fingerprint density at radius 1 is 1.18 bits per heavy atom. The third-order valence-corrected chi connectivity index (χ3v) is 4.40. The molecule has 1 N–H and O–H groups in total. The van der Waals surface area contributed by atoms with Crippen LogP contribution < -0.4 is 5.32 Å². The summed E-state index contributed by atoms with van der Waals surface area (Å²) in [4.78, 5) is 38.6. The Kier molecular flexibility index (Phi) is 6.88. The highest BCUT2D eigenvalue weighted by Gasteiger charge is 2.52. The SMILES string of the molecule is COC(=O)[C@@]1(CNC(=O)OC(C)(C)C)CCCN1C(=O)OCc1ccccc1. The van der Waals surface area contributed by atoms with Crippen LogP contribution in [0.5, 0.6) is 0 Å². The molecule has 0 aliphatic carbocycles. The van der Waals surface area contributed by atoms with E-state index in [1.54, 1.807) is 20.8 Å². The molecular formula is C20H28N2O6.